The summed E-state index contributed by atoms with van der Waals surface area (Å²) in [7, 11) is -4.06. The standard InChI is InChI=1S/C18H21NO8S/c1-12(2)17(21)27-13(3)10-26-18(22)14-4-6-15(7-5-14)28(23,24)19-11-25-9-8-16(19)20/h4-7,13H,1,8-11H2,2-3H3. The molecule has 0 radical (unpaired) electrons. The number of hydrogen-bond acceptors (Lipinski definition) is 8. The lowest BCUT2D eigenvalue weighted by atomic mass is 10.2. The maximum Gasteiger partial charge on any atom is 0.338 e. The Bertz CT molecular complexity index is 875. The predicted molar refractivity (Wildman–Crippen MR) is 96.6 cm³/mol. The second kappa shape index (κ2) is 8.98. The van der Waals surface area contributed by atoms with Crippen molar-refractivity contribution in [2.45, 2.75) is 31.3 Å². The summed E-state index contributed by atoms with van der Waals surface area (Å²) in [4.78, 5) is 35.1. The van der Waals surface area contributed by atoms with E-state index in [4.69, 9.17) is 14.2 Å². The summed E-state index contributed by atoms with van der Waals surface area (Å²) in [5, 5.41) is 0. The van der Waals surface area contributed by atoms with E-state index in [1.165, 1.54) is 31.2 Å². The van der Waals surface area contributed by atoms with Gasteiger partial charge >= 0.3 is 11.9 Å². The number of benzene rings is 1. The van der Waals surface area contributed by atoms with Crippen molar-refractivity contribution in [2.75, 3.05) is 19.9 Å². The number of esters is 2. The maximum atomic E-state index is 12.5. The number of amides is 1. The van der Waals surface area contributed by atoms with Crippen LogP contribution in [0.1, 0.15) is 30.6 Å². The summed E-state index contributed by atoms with van der Waals surface area (Å²) < 4.78 is 40.7. The lowest BCUT2D eigenvalue weighted by Gasteiger charge is -2.26. The van der Waals surface area contributed by atoms with E-state index in [2.05, 4.69) is 6.58 Å². The molecule has 1 aromatic carbocycles. The minimum atomic E-state index is -4.06. The Balaban J connectivity index is 1.99. The van der Waals surface area contributed by atoms with E-state index >= 15 is 0 Å². The maximum absolute atomic E-state index is 12.5. The highest BCUT2D eigenvalue weighted by atomic mass is 32.2. The first-order chi connectivity index (χ1) is 13.1. The van der Waals surface area contributed by atoms with Crippen LogP contribution in [0.5, 0.6) is 0 Å². The molecule has 1 heterocycles. The van der Waals surface area contributed by atoms with Gasteiger partial charge in [0.1, 0.15) is 19.4 Å². The highest BCUT2D eigenvalue weighted by Crippen LogP contribution is 2.20. The molecule has 1 saturated heterocycles. The predicted octanol–water partition coefficient (Wildman–Crippen LogP) is 1.25. The zero-order chi connectivity index (χ0) is 20.9. The van der Waals surface area contributed by atoms with Crippen molar-refractivity contribution in [2.24, 2.45) is 0 Å². The normalized spacial score (nSPS) is 15.6. The Hall–Kier alpha value is -2.72. The smallest absolute Gasteiger partial charge is 0.338 e. The van der Waals surface area contributed by atoms with Crippen LogP contribution in [0.3, 0.4) is 0 Å². The van der Waals surface area contributed by atoms with Gasteiger partial charge in [0.15, 0.2) is 0 Å². The molecule has 1 aliphatic rings. The number of nitrogens with zero attached hydrogens (tertiary/aromatic N) is 1. The molecule has 1 aromatic rings. The molecule has 2 rings (SSSR count). The van der Waals surface area contributed by atoms with Crippen molar-refractivity contribution in [1.29, 1.82) is 0 Å². The molecule has 0 aromatic heterocycles. The number of carbonyl (C=O) groups is 3. The van der Waals surface area contributed by atoms with E-state index < -0.39 is 34.0 Å². The first-order valence-electron chi connectivity index (χ1n) is 8.40. The van der Waals surface area contributed by atoms with Crippen molar-refractivity contribution in [1.82, 2.24) is 4.31 Å². The van der Waals surface area contributed by atoms with Crippen molar-refractivity contribution >= 4 is 27.9 Å². The van der Waals surface area contributed by atoms with Crippen LogP contribution in [-0.4, -0.2) is 56.6 Å². The fourth-order valence-corrected chi connectivity index (χ4v) is 3.50. The molecule has 0 aliphatic carbocycles. The van der Waals surface area contributed by atoms with Gasteiger partial charge < -0.3 is 14.2 Å². The number of carbonyl (C=O) groups excluding carboxylic acids is 3. The van der Waals surface area contributed by atoms with Gasteiger partial charge in [-0.1, -0.05) is 6.58 Å². The van der Waals surface area contributed by atoms with E-state index in [0.717, 1.165) is 0 Å². The number of rotatable bonds is 7. The summed E-state index contributed by atoms with van der Waals surface area (Å²) in [6.07, 6.45) is -0.685. The van der Waals surface area contributed by atoms with Gasteiger partial charge in [0.05, 0.1) is 23.5 Å². The quantitative estimate of drug-likeness (QED) is 0.486. The third-order valence-corrected chi connectivity index (χ3v) is 5.49. The summed E-state index contributed by atoms with van der Waals surface area (Å²) in [6, 6.07) is 4.96. The average Bonchev–Trinajstić information content (AvgIpc) is 2.66. The van der Waals surface area contributed by atoms with Crippen LogP contribution in [0.4, 0.5) is 0 Å². The summed E-state index contributed by atoms with van der Waals surface area (Å²) >= 11 is 0. The topological polar surface area (TPSA) is 116 Å². The Morgan fingerprint density at radius 3 is 2.50 bits per heavy atom. The molecular weight excluding hydrogens is 390 g/mol. The largest absolute Gasteiger partial charge is 0.458 e. The third kappa shape index (κ3) is 5.17. The second-order valence-corrected chi connectivity index (χ2v) is 8.02. The molecule has 9 nitrogen and oxygen atoms in total. The Morgan fingerprint density at radius 2 is 1.93 bits per heavy atom. The van der Waals surface area contributed by atoms with Gasteiger partial charge in [0.2, 0.25) is 5.91 Å². The lowest BCUT2D eigenvalue weighted by Crippen LogP contribution is -2.42. The molecule has 0 bridgehead atoms. The average molecular weight is 411 g/mol. The highest BCUT2D eigenvalue weighted by Gasteiger charge is 2.31. The molecule has 10 heteroatoms. The molecule has 0 saturated carbocycles. The molecule has 1 aliphatic heterocycles. The van der Waals surface area contributed by atoms with Crippen LogP contribution in [0.2, 0.25) is 0 Å². The van der Waals surface area contributed by atoms with Gasteiger partial charge in [-0.15, -0.1) is 0 Å². The zero-order valence-electron chi connectivity index (χ0n) is 15.5. The fraction of sp³-hybridized carbons (Fsp3) is 0.389. The van der Waals surface area contributed by atoms with Gasteiger partial charge in [-0.3, -0.25) is 4.79 Å². The number of sulfonamides is 1. The van der Waals surface area contributed by atoms with Crippen molar-refractivity contribution in [3.8, 4) is 0 Å². The van der Waals surface area contributed by atoms with Crippen molar-refractivity contribution in [3.05, 3.63) is 42.0 Å². The molecule has 1 fully saturated rings. The van der Waals surface area contributed by atoms with E-state index in [0.29, 0.717) is 4.31 Å². The van der Waals surface area contributed by atoms with Gasteiger partial charge in [0.25, 0.3) is 10.0 Å². The van der Waals surface area contributed by atoms with E-state index in [9.17, 15) is 22.8 Å². The van der Waals surface area contributed by atoms with Crippen LogP contribution in [0.25, 0.3) is 0 Å². The van der Waals surface area contributed by atoms with Gasteiger partial charge in [0, 0.05) is 5.57 Å². The Labute approximate surface area is 162 Å². The second-order valence-electron chi connectivity index (χ2n) is 6.15. The van der Waals surface area contributed by atoms with Gasteiger partial charge in [-0.05, 0) is 38.1 Å². The molecule has 1 unspecified atom stereocenters. The number of ether oxygens (including phenoxy) is 3. The summed E-state index contributed by atoms with van der Waals surface area (Å²) in [6.45, 7) is 6.18. The Kier molecular flexibility index (Phi) is 6.92. The zero-order valence-corrected chi connectivity index (χ0v) is 16.4. The van der Waals surface area contributed by atoms with Gasteiger partial charge in [-0.25, -0.2) is 22.3 Å². The first-order valence-corrected chi connectivity index (χ1v) is 9.84. The van der Waals surface area contributed by atoms with Crippen LogP contribution in [0, 0.1) is 0 Å². The minimum absolute atomic E-state index is 0.0161. The summed E-state index contributed by atoms with van der Waals surface area (Å²) in [5.74, 6) is -1.85. The fourth-order valence-electron chi connectivity index (χ4n) is 2.19. The molecule has 0 spiro atoms. The Morgan fingerprint density at radius 1 is 1.29 bits per heavy atom. The molecule has 152 valence electrons. The monoisotopic (exact) mass is 411 g/mol. The lowest BCUT2D eigenvalue weighted by molar-refractivity contribution is -0.145. The van der Waals surface area contributed by atoms with Crippen LogP contribution < -0.4 is 0 Å². The number of hydrogen-bond donors (Lipinski definition) is 0. The highest BCUT2D eigenvalue weighted by molar-refractivity contribution is 7.89. The molecule has 1 amide bonds. The van der Waals surface area contributed by atoms with E-state index in [1.807, 2.05) is 0 Å². The van der Waals surface area contributed by atoms with Crippen LogP contribution >= 0.6 is 0 Å². The third-order valence-electron chi connectivity index (χ3n) is 3.73. The minimum Gasteiger partial charge on any atom is -0.458 e. The van der Waals surface area contributed by atoms with Crippen molar-refractivity contribution < 1.29 is 37.0 Å². The summed E-state index contributed by atoms with van der Waals surface area (Å²) in [5.41, 5.74) is 0.339. The van der Waals surface area contributed by atoms with Gasteiger partial charge in [-0.2, -0.15) is 0 Å². The SMILES string of the molecule is C=C(C)C(=O)OC(C)COC(=O)c1ccc(S(=O)(=O)N2COCCC2=O)cc1. The molecule has 0 N–H and O–H groups in total. The van der Waals surface area contributed by atoms with Crippen LogP contribution in [-0.2, 0) is 33.8 Å². The molecular formula is C18H21NO8S. The first kappa shape index (κ1) is 21.6. The van der Waals surface area contributed by atoms with Crippen molar-refractivity contribution in [3.63, 3.8) is 0 Å². The van der Waals surface area contributed by atoms with Crippen LogP contribution in [0.15, 0.2) is 41.3 Å². The van der Waals surface area contributed by atoms with E-state index in [1.54, 1.807) is 6.92 Å². The molecule has 28 heavy (non-hydrogen) atoms. The van der Waals surface area contributed by atoms with E-state index in [-0.39, 0.29) is 42.4 Å². The molecule has 1 atom stereocenters.